The monoisotopic (exact) mass is 300 g/mol. The molecule has 0 spiro atoms. The van der Waals surface area contributed by atoms with E-state index in [0.29, 0.717) is 13.2 Å². The van der Waals surface area contributed by atoms with Gasteiger partial charge in [0.2, 0.25) is 0 Å². The lowest BCUT2D eigenvalue weighted by atomic mass is 9.97. The highest BCUT2D eigenvalue weighted by atomic mass is 16.5. The Bertz CT molecular complexity index is 241. The van der Waals surface area contributed by atoms with Gasteiger partial charge in [-0.15, -0.1) is 0 Å². The highest BCUT2D eigenvalue weighted by Gasteiger charge is 2.17. The van der Waals surface area contributed by atoms with Crippen LogP contribution in [0.1, 0.15) is 46.5 Å². The highest BCUT2D eigenvalue weighted by Crippen LogP contribution is 2.15. The second-order valence-electron chi connectivity index (χ2n) is 6.80. The lowest BCUT2D eigenvalue weighted by Gasteiger charge is -2.31. The van der Waals surface area contributed by atoms with Gasteiger partial charge in [0.25, 0.3) is 0 Å². The number of rotatable bonds is 11. The molecule has 0 aliphatic carbocycles. The largest absolute Gasteiger partial charge is 0.389 e. The van der Waals surface area contributed by atoms with Crippen LogP contribution in [0.25, 0.3) is 0 Å². The molecule has 0 radical (unpaired) electrons. The number of nitrogens with zero attached hydrogens (tertiary/aromatic N) is 1. The molecule has 0 aromatic carbocycles. The minimum absolute atomic E-state index is 0.375. The average molecular weight is 300 g/mol. The van der Waals surface area contributed by atoms with Gasteiger partial charge in [0.15, 0.2) is 0 Å². The number of hydrogen-bond acceptors (Lipinski definition) is 4. The number of hydrogen-bond donors (Lipinski definition) is 2. The zero-order chi connectivity index (χ0) is 15.5. The van der Waals surface area contributed by atoms with Crippen LogP contribution in [0.4, 0.5) is 0 Å². The standard InChI is InChI=1S/C17H36N2O2/c1-4-19-9-7-16(8-10-19)12-18-13-17(20)14-21-11-5-6-15(2)3/h15-18,20H,4-14H2,1-3H3. The first kappa shape index (κ1) is 18.9. The van der Waals surface area contributed by atoms with Crippen molar-refractivity contribution in [3.63, 3.8) is 0 Å². The van der Waals surface area contributed by atoms with Crippen LogP contribution in [-0.4, -0.2) is 62.0 Å². The number of aliphatic hydroxyl groups excluding tert-OH is 1. The van der Waals surface area contributed by atoms with Crippen LogP contribution in [0.5, 0.6) is 0 Å². The van der Waals surface area contributed by atoms with E-state index in [1.54, 1.807) is 0 Å². The third kappa shape index (κ3) is 9.46. The summed E-state index contributed by atoms with van der Waals surface area (Å²) in [5, 5.41) is 13.3. The van der Waals surface area contributed by atoms with Gasteiger partial charge in [-0.3, -0.25) is 0 Å². The number of aliphatic hydroxyl groups is 1. The zero-order valence-electron chi connectivity index (χ0n) is 14.3. The average Bonchev–Trinajstić information content (AvgIpc) is 2.47. The lowest BCUT2D eigenvalue weighted by Crippen LogP contribution is -2.39. The van der Waals surface area contributed by atoms with E-state index in [-0.39, 0.29) is 6.10 Å². The van der Waals surface area contributed by atoms with Crippen LogP contribution >= 0.6 is 0 Å². The summed E-state index contributed by atoms with van der Waals surface area (Å²) in [6.07, 6.45) is 4.48. The van der Waals surface area contributed by atoms with Crippen molar-refractivity contribution in [2.45, 2.75) is 52.6 Å². The molecule has 1 aliphatic heterocycles. The smallest absolute Gasteiger partial charge is 0.0897 e. The molecule has 1 aliphatic rings. The molecule has 1 atom stereocenters. The van der Waals surface area contributed by atoms with Gasteiger partial charge >= 0.3 is 0 Å². The Kier molecular flexibility index (Phi) is 10.3. The second kappa shape index (κ2) is 11.4. The molecule has 1 heterocycles. The van der Waals surface area contributed by atoms with E-state index in [1.165, 1.54) is 38.9 Å². The van der Waals surface area contributed by atoms with E-state index in [9.17, 15) is 5.11 Å². The van der Waals surface area contributed by atoms with Crippen molar-refractivity contribution in [2.24, 2.45) is 11.8 Å². The molecule has 4 heteroatoms. The molecule has 21 heavy (non-hydrogen) atoms. The van der Waals surface area contributed by atoms with E-state index in [1.807, 2.05) is 0 Å². The summed E-state index contributed by atoms with van der Waals surface area (Å²) < 4.78 is 5.52. The fourth-order valence-electron chi connectivity index (χ4n) is 2.83. The van der Waals surface area contributed by atoms with Gasteiger partial charge in [-0.05, 0) is 63.7 Å². The van der Waals surface area contributed by atoms with Crippen molar-refractivity contribution in [1.82, 2.24) is 10.2 Å². The molecule has 0 aromatic heterocycles. The maximum absolute atomic E-state index is 9.87. The summed E-state index contributed by atoms with van der Waals surface area (Å²) in [7, 11) is 0. The van der Waals surface area contributed by atoms with E-state index in [0.717, 1.165) is 31.4 Å². The van der Waals surface area contributed by atoms with Crippen LogP contribution in [0.2, 0.25) is 0 Å². The molecule has 1 fully saturated rings. The zero-order valence-corrected chi connectivity index (χ0v) is 14.3. The Morgan fingerprint density at radius 2 is 2.00 bits per heavy atom. The number of ether oxygens (including phenoxy) is 1. The second-order valence-corrected chi connectivity index (χ2v) is 6.80. The molecular weight excluding hydrogens is 264 g/mol. The van der Waals surface area contributed by atoms with Gasteiger partial charge in [0, 0.05) is 13.2 Å². The topological polar surface area (TPSA) is 44.7 Å². The van der Waals surface area contributed by atoms with Gasteiger partial charge in [-0.25, -0.2) is 0 Å². The Morgan fingerprint density at radius 1 is 1.29 bits per heavy atom. The number of nitrogens with one attached hydrogen (secondary N) is 1. The third-order valence-electron chi connectivity index (χ3n) is 4.35. The van der Waals surface area contributed by atoms with Crippen LogP contribution in [-0.2, 0) is 4.74 Å². The summed E-state index contributed by atoms with van der Waals surface area (Å²) in [6, 6.07) is 0. The summed E-state index contributed by atoms with van der Waals surface area (Å²) in [5.41, 5.74) is 0. The van der Waals surface area contributed by atoms with Crippen molar-refractivity contribution in [3.8, 4) is 0 Å². The fraction of sp³-hybridized carbons (Fsp3) is 1.00. The minimum atomic E-state index is -0.375. The van der Waals surface area contributed by atoms with Crippen molar-refractivity contribution in [3.05, 3.63) is 0 Å². The van der Waals surface area contributed by atoms with Crippen LogP contribution in [0.3, 0.4) is 0 Å². The molecule has 1 saturated heterocycles. The lowest BCUT2D eigenvalue weighted by molar-refractivity contribution is 0.0340. The third-order valence-corrected chi connectivity index (χ3v) is 4.35. The Morgan fingerprint density at radius 3 is 2.62 bits per heavy atom. The van der Waals surface area contributed by atoms with Crippen molar-refractivity contribution in [1.29, 1.82) is 0 Å². The molecule has 2 N–H and O–H groups in total. The van der Waals surface area contributed by atoms with Gasteiger partial charge in [-0.2, -0.15) is 0 Å². The summed E-state index contributed by atoms with van der Waals surface area (Å²) in [6.45, 7) is 13.2. The molecule has 0 saturated carbocycles. The molecule has 0 aromatic rings. The molecule has 0 amide bonds. The quantitative estimate of drug-likeness (QED) is 0.574. The highest BCUT2D eigenvalue weighted by molar-refractivity contribution is 4.73. The van der Waals surface area contributed by atoms with E-state index >= 15 is 0 Å². The molecule has 126 valence electrons. The molecule has 1 unspecified atom stereocenters. The maximum atomic E-state index is 9.87. The Balaban J connectivity index is 1.92. The molecular formula is C17H36N2O2. The van der Waals surface area contributed by atoms with E-state index in [2.05, 4.69) is 31.0 Å². The van der Waals surface area contributed by atoms with E-state index < -0.39 is 0 Å². The van der Waals surface area contributed by atoms with Crippen LogP contribution in [0, 0.1) is 11.8 Å². The first-order chi connectivity index (χ1) is 10.1. The van der Waals surface area contributed by atoms with Crippen LogP contribution in [0.15, 0.2) is 0 Å². The summed E-state index contributed by atoms with van der Waals surface area (Å²) in [4.78, 5) is 2.51. The molecule has 4 nitrogen and oxygen atoms in total. The van der Waals surface area contributed by atoms with E-state index in [4.69, 9.17) is 4.74 Å². The number of likely N-dealkylation sites (tertiary alicyclic amines) is 1. The van der Waals surface area contributed by atoms with Crippen LogP contribution < -0.4 is 5.32 Å². The first-order valence-electron chi connectivity index (χ1n) is 8.80. The fourth-order valence-corrected chi connectivity index (χ4v) is 2.83. The molecule has 1 rings (SSSR count). The van der Waals surface area contributed by atoms with Crippen molar-refractivity contribution < 1.29 is 9.84 Å². The Labute approximate surface area is 131 Å². The molecule has 0 bridgehead atoms. The normalized spacial score (nSPS) is 19.3. The van der Waals surface area contributed by atoms with Gasteiger partial charge in [-0.1, -0.05) is 20.8 Å². The van der Waals surface area contributed by atoms with Crippen molar-refractivity contribution in [2.75, 3.05) is 45.9 Å². The van der Waals surface area contributed by atoms with Crippen molar-refractivity contribution >= 4 is 0 Å². The first-order valence-corrected chi connectivity index (χ1v) is 8.80. The van der Waals surface area contributed by atoms with Gasteiger partial charge in [0.05, 0.1) is 12.7 Å². The predicted molar refractivity (Wildman–Crippen MR) is 88.6 cm³/mol. The summed E-state index contributed by atoms with van der Waals surface area (Å²) in [5.74, 6) is 1.51. The van der Waals surface area contributed by atoms with Gasteiger partial charge in [0.1, 0.15) is 0 Å². The maximum Gasteiger partial charge on any atom is 0.0897 e. The Hall–Kier alpha value is -0.160. The summed E-state index contributed by atoms with van der Waals surface area (Å²) >= 11 is 0. The predicted octanol–water partition coefficient (Wildman–Crippen LogP) is 2.12. The van der Waals surface area contributed by atoms with Gasteiger partial charge < -0.3 is 20.1 Å². The number of piperidine rings is 1. The SMILES string of the molecule is CCN1CCC(CNCC(O)COCCCC(C)C)CC1. The minimum Gasteiger partial charge on any atom is -0.389 e.